The first-order valence-electron chi connectivity index (χ1n) is 8.12. The molecule has 1 aliphatic rings. The van der Waals surface area contributed by atoms with Crippen LogP contribution in [0.3, 0.4) is 0 Å². The minimum absolute atomic E-state index is 0.164. The SMILES string of the molecule is COc1ccc2cc(C3CC(c4ccco4)=NN3C(C)=O)c(Cl)nc2c1. The van der Waals surface area contributed by atoms with Gasteiger partial charge in [0.05, 0.1) is 24.9 Å². The number of nitrogens with zero attached hydrogens (tertiary/aromatic N) is 3. The Morgan fingerprint density at radius 2 is 2.19 bits per heavy atom. The van der Waals surface area contributed by atoms with E-state index in [2.05, 4.69) is 10.1 Å². The summed E-state index contributed by atoms with van der Waals surface area (Å²) in [4.78, 5) is 16.6. The number of benzene rings is 1. The number of ether oxygens (including phenoxy) is 1. The van der Waals surface area contributed by atoms with Crippen molar-refractivity contribution in [2.75, 3.05) is 7.11 Å². The maximum Gasteiger partial charge on any atom is 0.240 e. The number of rotatable bonds is 3. The number of hydrazone groups is 1. The van der Waals surface area contributed by atoms with Crippen LogP contribution in [-0.4, -0.2) is 28.7 Å². The van der Waals surface area contributed by atoms with Gasteiger partial charge >= 0.3 is 0 Å². The fourth-order valence-corrected chi connectivity index (χ4v) is 3.41. The third-order valence-electron chi connectivity index (χ3n) is 4.40. The molecule has 1 unspecified atom stereocenters. The Kier molecular flexibility index (Phi) is 4.12. The highest BCUT2D eigenvalue weighted by Gasteiger charge is 2.34. The van der Waals surface area contributed by atoms with Crippen LogP contribution in [-0.2, 0) is 4.79 Å². The molecule has 132 valence electrons. The van der Waals surface area contributed by atoms with Crippen LogP contribution in [0.15, 0.2) is 52.2 Å². The summed E-state index contributed by atoms with van der Waals surface area (Å²) in [5, 5.41) is 7.14. The van der Waals surface area contributed by atoms with E-state index < -0.39 is 0 Å². The number of carbonyl (C=O) groups excluding carboxylic acids is 1. The third kappa shape index (κ3) is 2.82. The van der Waals surface area contributed by atoms with Gasteiger partial charge in [0.2, 0.25) is 5.91 Å². The van der Waals surface area contributed by atoms with E-state index in [1.807, 2.05) is 30.3 Å². The van der Waals surface area contributed by atoms with Crippen molar-refractivity contribution >= 4 is 34.1 Å². The van der Waals surface area contributed by atoms with Gasteiger partial charge in [-0.05, 0) is 30.3 Å². The second-order valence-electron chi connectivity index (χ2n) is 6.03. The standard InChI is InChI=1S/C19H16ClN3O3/c1-11(24)23-17(10-16(22-23)18-4-3-7-26-18)14-8-12-5-6-13(25-2)9-15(12)21-19(14)20/h3-9,17H,10H2,1-2H3. The van der Waals surface area contributed by atoms with Crippen LogP contribution >= 0.6 is 11.6 Å². The van der Waals surface area contributed by atoms with Crippen molar-refractivity contribution in [1.29, 1.82) is 0 Å². The fraction of sp³-hybridized carbons (Fsp3) is 0.211. The number of methoxy groups -OCH3 is 1. The van der Waals surface area contributed by atoms with Crippen LogP contribution in [0.1, 0.15) is 30.7 Å². The average molecular weight is 370 g/mol. The number of furan rings is 1. The zero-order valence-corrected chi connectivity index (χ0v) is 15.0. The molecule has 1 aromatic carbocycles. The Labute approximate surface area is 155 Å². The molecule has 0 fully saturated rings. The van der Waals surface area contributed by atoms with E-state index >= 15 is 0 Å². The largest absolute Gasteiger partial charge is 0.497 e. The molecule has 0 radical (unpaired) electrons. The van der Waals surface area contributed by atoms with E-state index in [0.717, 1.165) is 16.5 Å². The minimum atomic E-state index is -0.320. The molecular weight excluding hydrogens is 354 g/mol. The van der Waals surface area contributed by atoms with Gasteiger partial charge in [0.1, 0.15) is 22.4 Å². The van der Waals surface area contributed by atoms with E-state index in [1.54, 1.807) is 19.4 Å². The van der Waals surface area contributed by atoms with Gasteiger partial charge < -0.3 is 9.15 Å². The van der Waals surface area contributed by atoms with Crippen molar-refractivity contribution in [1.82, 2.24) is 9.99 Å². The van der Waals surface area contributed by atoms with E-state index in [-0.39, 0.29) is 11.9 Å². The number of aromatic nitrogens is 1. The summed E-state index contributed by atoms with van der Waals surface area (Å²) in [6.45, 7) is 1.48. The molecule has 3 aromatic rings. The Balaban J connectivity index is 1.76. The molecule has 0 aliphatic carbocycles. The fourth-order valence-electron chi connectivity index (χ4n) is 3.13. The van der Waals surface area contributed by atoms with E-state index in [0.29, 0.717) is 28.8 Å². The van der Waals surface area contributed by atoms with Gasteiger partial charge in [0, 0.05) is 30.4 Å². The third-order valence-corrected chi connectivity index (χ3v) is 4.71. The molecule has 1 atom stereocenters. The summed E-state index contributed by atoms with van der Waals surface area (Å²) in [5.41, 5.74) is 2.20. The molecule has 7 heteroatoms. The summed E-state index contributed by atoms with van der Waals surface area (Å²) in [5.74, 6) is 1.19. The van der Waals surface area contributed by atoms with Crippen LogP contribution in [0.2, 0.25) is 5.15 Å². The Morgan fingerprint density at radius 3 is 2.88 bits per heavy atom. The second-order valence-corrected chi connectivity index (χ2v) is 6.39. The first kappa shape index (κ1) is 16.6. The lowest BCUT2D eigenvalue weighted by molar-refractivity contribution is -0.130. The highest BCUT2D eigenvalue weighted by atomic mass is 35.5. The lowest BCUT2D eigenvalue weighted by atomic mass is 10.0. The van der Waals surface area contributed by atoms with Crippen molar-refractivity contribution in [3.05, 3.63) is 59.1 Å². The Bertz CT molecular complexity index is 1010. The predicted molar refractivity (Wildman–Crippen MR) is 98.4 cm³/mol. The van der Waals surface area contributed by atoms with Crippen LogP contribution in [0, 0.1) is 0 Å². The topological polar surface area (TPSA) is 67.9 Å². The summed E-state index contributed by atoms with van der Waals surface area (Å²) in [6.07, 6.45) is 2.09. The second kappa shape index (κ2) is 6.46. The quantitative estimate of drug-likeness (QED) is 0.649. The zero-order valence-electron chi connectivity index (χ0n) is 14.3. The highest BCUT2D eigenvalue weighted by Crippen LogP contribution is 2.37. The monoisotopic (exact) mass is 369 g/mol. The molecule has 1 amide bonds. The molecule has 0 spiro atoms. The highest BCUT2D eigenvalue weighted by molar-refractivity contribution is 6.30. The smallest absolute Gasteiger partial charge is 0.240 e. The summed E-state index contributed by atoms with van der Waals surface area (Å²) in [6, 6.07) is 10.9. The summed E-state index contributed by atoms with van der Waals surface area (Å²) < 4.78 is 10.7. The molecule has 0 saturated carbocycles. The summed E-state index contributed by atoms with van der Waals surface area (Å²) in [7, 11) is 1.61. The minimum Gasteiger partial charge on any atom is -0.497 e. The van der Waals surface area contributed by atoms with Gasteiger partial charge in [-0.1, -0.05) is 11.6 Å². The molecule has 26 heavy (non-hydrogen) atoms. The van der Waals surface area contributed by atoms with Gasteiger partial charge in [0.25, 0.3) is 0 Å². The van der Waals surface area contributed by atoms with Crippen molar-refractivity contribution in [2.24, 2.45) is 5.10 Å². The van der Waals surface area contributed by atoms with E-state index in [1.165, 1.54) is 11.9 Å². The maximum atomic E-state index is 12.1. The zero-order chi connectivity index (χ0) is 18.3. The molecular formula is C19H16ClN3O3. The van der Waals surface area contributed by atoms with Crippen molar-refractivity contribution in [2.45, 2.75) is 19.4 Å². The maximum absolute atomic E-state index is 12.1. The van der Waals surface area contributed by atoms with Crippen LogP contribution in [0.5, 0.6) is 5.75 Å². The average Bonchev–Trinajstić information content (AvgIpc) is 3.30. The molecule has 3 heterocycles. The number of amides is 1. The normalized spacial score (nSPS) is 16.8. The number of hydrogen-bond donors (Lipinski definition) is 0. The molecule has 4 rings (SSSR count). The molecule has 0 saturated heterocycles. The van der Waals surface area contributed by atoms with Crippen molar-refractivity contribution < 1.29 is 13.9 Å². The van der Waals surface area contributed by atoms with Gasteiger partial charge in [-0.25, -0.2) is 9.99 Å². The van der Waals surface area contributed by atoms with E-state index in [9.17, 15) is 4.79 Å². The predicted octanol–water partition coefficient (Wildman–Crippen LogP) is 4.19. The number of fused-ring (bicyclic) bond motifs is 1. The van der Waals surface area contributed by atoms with Gasteiger partial charge in [-0.15, -0.1) is 0 Å². The number of pyridine rings is 1. The van der Waals surface area contributed by atoms with Crippen molar-refractivity contribution in [3.8, 4) is 5.75 Å². The van der Waals surface area contributed by atoms with Gasteiger partial charge in [-0.3, -0.25) is 4.79 Å². The van der Waals surface area contributed by atoms with Gasteiger partial charge in [0.15, 0.2) is 0 Å². The van der Waals surface area contributed by atoms with Crippen LogP contribution < -0.4 is 4.74 Å². The molecule has 1 aliphatic heterocycles. The first-order chi connectivity index (χ1) is 12.6. The lowest BCUT2D eigenvalue weighted by Crippen LogP contribution is -2.24. The van der Waals surface area contributed by atoms with Crippen LogP contribution in [0.25, 0.3) is 10.9 Å². The number of halogens is 1. The Hall–Kier alpha value is -2.86. The van der Waals surface area contributed by atoms with Gasteiger partial charge in [-0.2, -0.15) is 5.10 Å². The molecule has 0 bridgehead atoms. The molecule has 0 N–H and O–H groups in total. The number of carbonyl (C=O) groups is 1. The lowest BCUT2D eigenvalue weighted by Gasteiger charge is -2.21. The Morgan fingerprint density at radius 1 is 1.35 bits per heavy atom. The van der Waals surface area contributed by atoms with Crippen LogP contribution in [0.4, 0.5) is 0 Å². The molecule has 6 nitrogen and oxygen atoms in total. The summed E-state index contributed by atoms with van der Waals surface area (Å²) >= 11 is 6.46. The number of hydrogen-bond acceptors (Lipinski definition) is 5. The van der Waals surface area contributed by atoms with E-state index in [4.69, 9.17) is 20.8 Å². The van der Waals surface area contributed by atoms with Crippen molar-refractivity contribution in [3.63, 3.8) is 0 Å². The first-order valence-corrected chi connectivity index (χ1v) is 8.50. The molecule has 2 aromatic heterocycles.